The van der Waals surface area contributed by atoms with Gasteiger partial charge in [0.25, 0.3) is 0 Å². The van der Waals surface area contributed by atoms with E-state index in [1.54, 1.807) is 18.3 Å². The van der Waals surface area contributed by atoms with E-state index in [1.807, 2.05) is 38.1 Å². The summed E-state index contributed by atoms with van der Waals surface area (Å²) in [5, 5.41) is 5.33. The van der Waals surface area contributed by atoms with Gasteiger partial charge < -0.3 is 10.1 Å². The molecule has 0 aliphatic carbocycles. The van der Waals surface area contributed by atoms with Gasteiger partial charge in [-0.1, -0.05) is 12.1 Å². The van der Waals surface area contributed by atoms with Gasteiger partial charge in [0.2, 0.25) is 0 Å². The Morgan fingerprint density at radius 3 is 2.76 bits per heavy atom. The second kappa shape index (κ2) is 7.57. The van der Waals surface area contributed by atoms with Gasteiger partial charge in [0.1, 0.15) is 17.1 Å². The van der Waals surface area contributed by atoms with Crippen LogP contribution in [-0.2, 0) is 0 Å². The van der Waals surface area contributed by atoms with Crippen LogP contribution in [0.25, 0.3) is 22.4 Å². The molecule has 3 rings (SSSR count). The number of carbonyl (C=O) groups excluding carboxylic acids is 1. The Morgan fingerprint density at radius 1 is 1.12 bits per heavy atom. The number of amides is 2. The molecule has 0 unspecified atom stereocenters. The van der Waals surface area contributed by atoms with Crippen LogP contribution in [0.4, 0.5) is 10.6 Å². The molecule has 2 N–H and O–H groups in total. The number of rotatable bonds is 5. The third kappa shape index (κ3) is 3.82. The van der Waals surface area contributed by atoms with Gasteiger partial charge in [-0.15, -0.1) is 0 Å². The minimum absolute atomic E-state index is 0.305. The van der Waals surface area contributed by atoms with Gasteiger partial charge in [0.05, 0.1) is 18.5 Å². The number of fused-ring (bicyclic) bond motifs is 1. The molecule has 7 heteroatoms. The summed E-state index contributed by atoms with van der Waals surface area (Å²) in [4.78, 5) is 25.0. The average molecular weight is 337 g/mol. The van der Waals surface area contributed by atoms with Crippen LogP contribution >= 0.6 is 0 Å². The van der Waals surface area contributed by atoms with E-state index >= 15 is 0 Å². The number of benzene rings is 1. The summed E-state index contributed by atoms with van der Waals surface area (Å²) < 4.78 is 5.65. The number of hydrogen-bond donors (Lipinski definition) is 2. The molecule has 0 aliphatic rings. The van der Waals surface area contributed by atoms with Gasteiger partial charge in [0.15, 0.2) is 5.65 Å². The van der Waals surface area contributed by atoms with Gasteiger partial charge >= 0.3 is 6.03 Å². The first-order valence-corrected chi connectivity index (χ1v) is 8.12. The predicted molar refractivity (Wildman–Crippen MR) is 96.6 cm³/mol. The van der Waals surface area contributed by atoms with Crippen molar-refractivity contribution in [2.24, 2.45) is 0 Å². The van der Waals surface area contributed by atoms with Gasteiger partial charge in [-0.2, -0.15) is 0 Å². The zero-order valence-electron chi connectivity index (χ0n) is 14.1. The fourth-order valence-electron chi connectivity index (χ4n) is 2.38. The Kier molecular flexibility index (Phi) is 5.03. The maximum atomic E-state index is 11.6. The van der Waals surface area contributed by atoms with Crippen molar-refractivity contribution in [2.45, 2.75) is 13.8 Å². The lowest BCUT2D eigenvalue weighted by molar-refractivity contribution is 0.252. The van der Waals surface area contributed by atoms with Gasteiger partial charge in [-0.25, -0.2) is 14.8 Å². The second-order valence-corrected chi connectivity index (χ2v) is 5.21. The Hall–Kier alpha value is -3.22. The largest absolute Gasteiger partial charge is 0.493 e. The average Bonchev–Trinajstić information content (AvgIpc) is 2.62. The quantitative estimate of drug-likeness (QED) is 0.746. The molecule has 0 radical (unpaired) electrons. The molecule has 128 valence electrons. The molecule has 2 amide bonds. The number of carbonyl (C=O) groups is 1. The SMILES string of the molecule is CCNC(=O)Nc1ccc2ncc(-c3ccccc3OCC)nc2n1. The van der Waals surface area contributed by atoms with Crippen molar-refractivity contribution in [2.75, 3.05) is 18.5 Å². The Balaban J connectivity index is 1.97. The van der Waals surface area contributed by atoms with Crippen LogP contribution in [0, 0.1) is 0 Å². The number of anilines is 1. The van der Waals surface area contributed by atoms with Crippen LogP contribution in [0.15, 0.2) is 42.6 Å². The van der Waals surface area contributed by atoms with Crippen molar-refractivity contribution in [1.82, 2.24) is 20.3 Å². The molecule has 25 heavy (non-hydrogen) atoms. The molecule has 0 fully saturated rings. The smallest absolute Gasteiger partial charge is 0.320 e. The summed E-state index contributed by atoms with van der Waals surface area (Å²) in [5.74, 6) is 1.17. The van der Waals surface area contributed by atoms with Gasteiger partial charge in [-0.05, 0) is 38.1 Å². The Bertz CT molecular complexity index is 898. The first kappa shape index (κ1) is 16.6. The van der Waals surface area contributed by atoms with Crippen molar-refractivity contribution in [3.63, 3.8) is 0 Å². The molecule has 7 nitrogen and oxygen atoms in total. The lowest BCUT2D eigenvalue weighted by Gasteiger charge is -2.10. The highest BCUT2D eigenvalue weighted by atomic mass is 16.5. The van der Waals surface area contributed by atoms with E-state index < -0.39 is 0 Å². The van der Waals surface area contributed by atoms with Crippen LogP contribution in [0.2, 0.25) is 0 Å². The van der Waals surface area contributed by atoms with E-state index in [0.29, 0.717) is 35.8 Å². The normalized spacial score (nSPS) is 10.5. The minimum Gasteiger partial charge on any atom is -0.493 e. The first-order valence-electron chi connectivity index (χ1n) is 8.12. The lowest BCUT2D eigenvalue weighted by Crippen LogP contribution is -2.28. The van der Waals surface area contributed by atoms with Crippen LogP contribution in [0.3, 0.4) is 0 Å². The monoisotopic (exact) mass is 337 g/mol. The highest BCUT2D eigenvalue weighted by Gasteiger charge is 2.10. The van der Waals surface area contributed by atoms with Crippen molar-refractivity contribution in [1.29, 1.82) is 0 Å². The number of ether oxygens (including phenoxy) is 1. The van der Waals surface area contributed by atoms with Crippen LogP contribution in [0.1, 0.15) is 13.8 Å². The van der Waals surface area contributed by atoms with Gasteiger partial charge in [-0.3, -0.25) is 10.3 Å². The van der Waals surface area contributed by atoms with E-state index in [-0.39, 0.29) is 6.03 Å². The number of aromatic nitrogens is 3. The highest BCUT2D eigenvalue weighted by molar-refractivity contribution is 5.89. The van der Waals surface area contributed by atoms with Crippen molar-refractivity contribution in [3.05, 3.63) is 42.6 Å². The standard InChI is InChI=1S/C18H19N5O2/c1-3-19-18(24)23-16-10-9-13-17(22-16)21-14(11-20-13)12-7-5-6-8-15(12)25-4-2/h5-11H,3-4H2,1-2H3,(H2,19,21,22,23,24). The predicted octanol–water partition coefficient (Wildman–Crippen LogP) is 3.23. The number of hydrogen-bond acceptors (Lipinski definition) is 5. The molecule has 2 aromatic heterocycles. The maximum Gasteiger partial charge on any atom is 0.320 e. The number of pyridine rings is 1. The van der Waals surface area contributed by atoms with Crippen molar-refractivity contribution in [3.8, 4) is 17.0 Å². The van der Waals surface area contributed by atoms with Crippen LogP contribution in [0.5, 0.6) is 5.75 Å². The highest BCUT2D eigenvalue weighted by Crippen LogP contribution is 2.28. The molecule has 0 bridgehead atoms. The van der Waals surface area contributed by atoms with Gasteiger partial charge in [0, 0.05) is 12.1 Å². The zero-order valence-corrected chi connectivity index (χ0v) is 14.1. The van der Waals surface area contributed by atoms with Crippen molar-refractivity contribution < 1.29 is 9.53 Å². The third-order valence-electron chi connectivity index (χ3n) is 3.45. The minimum atomic E-state index is -0.305. The molecule has 3 aromatic rings. The fraction of sp³-hybridized carbons (Fsp3) is 0.222. The molecule has 0 spiro atoms. The number of para-hydroxylation sites is 1. The zero-order chi connectivity index (χ0) is 17.6. The molecule has 0 atom stereocenters. The van der Waals surface area contributed by atoms with Crippen molar-refractivity contribution >= 4 is 23.0 Å². The molecule has 1 aromatic carbocycles. The lowest BCUT2D eigenvalue weighted by atomic mass is 10.1. The molecule has 2 heterocycles. The van der Waals surface area contributed by atoms with E-state index in [0.717, 1.165) is 11.3 Å². The summed E-state index contributed by atoms with van der Waals surface area (Å²) >= 11 is 0. The molecule has 0 saturated heterocycles. The number of urea groups is 1. The maximum absolute atomic E-state index is 11.6. The van der Waals surface area contributed by atoms with Crippen LogP contribution < -0.4 is 15.4 Å². The molecular weight excluding hydrogens is 318 g/mol. The summed E-state index contributed by atoms with van der Waals surface area (Å²) in [6.45, 7) is 4.89. The topological polar surface area (TPSA) is 89.0 Å². The second-order valence-electron chi connectivity index (χ2n) is 5.21. The fourth-order valence-corrected chi connectivity index (χ4v) is 2.38. The Labute approximate surface area is 145 Å². The Morgan fingerprint density at radius 2 is 1.96 bits per heavy atom. The molecule has 0 saturated carbocycles. The summed E-state index contributed by atoms with van der Waals surface area (Å²) in [6.07, 6.45) is 1.69. The van der Waals surface area contributed by atoms with E-state index in [4.69, 9.17) is 4.74 Å². The van der Waals surface area contributed by atoms with E-state index in [1.165, 1.54) is 0 Å². The summed E-state index contributed by atoms with van der Waals surface area (Å²) in [5.41, 5.74) is 2.62. The van der Waals surface area contributed by atoms with Crippen LogP contribution in [-0.4, -0.2) is 34.1 Å². The number of nitrogens with one attached hydrogen (secondary N) is 2. The molecular formula is C18H19N5O2. The summed E-state index contributed by atoms with van der Waals surface area (Å²) in [6, 6.07) is 10.8. The summed E-state index contributed by atoms with van der Waals surface area (Å²) in [7, 11) is 0. The molecule has 0 aliphatic heterocycles. The number of nitrogens with zero attached hydrogens (tertiary/aromatic N) is 3. The van der Waals surface area contributed by atoms with E-state index in [9.17, 15) is 4.79 Å². The first-order chi connectivity index (χ1) is 12.2. The van der Waals surface area contributed by atoms with E-state index in [2.05, 4.69) is 25.6 Å². The third-order valence-corrected chi connectivity index (χ3v) is 3.45.